The number of alkyl halides is 5. The molecular weight excluding hydrogens is 593 g/mol. The van der Waals surface area contributed by atoms with Crippen molar-refractivity contribution in [3.8, 4) is 11.5 Å². The molecule has 0 unspecified atom stereocenters. The van der Waals surface area contributed by atoms with E-state index < -0.39 is 47.8 Å². The predicted octanol–water partition coefficient (Wildman–Crippen LogP) is 9.85. The molecule has 0 N–H and O–H groups in total. The summed E-state index contributed by atoms with van der Waals surface area (Å²) in [6.45, 7) is 4.96. The van der Waals surface area contributed by atoms with Gasteiger partial charge >= 0.3 is 12.5 Å². The molecule has 11 heteroatoms. The summed E-state index contributed by atoms with van der Waals surface area (Å²) in [6, 6.07) is 6.61. The summed E-state index contributed by atoms with van der Waals surface area (Å²) in [7, 11) is 0. The van der Waals surface area contributed by atoms with Gasteiger partial charge in [-0.3, -0.25) is 0 Å². The van der Waals surface area contributed by atoms with E-state index >= 15 is 4.39 Å². The summed E-state index contributed by atoms with van der Waals surface area (Å²) < 4.78 is 116. The first-order valence-corrected chi connectivity index (χ1v) is 15.2. The molecular formula is C33H37F7O4. The molecule has 1 saturated heterocycles. The molecule has 0 amide bonds. The van der Waals surface area contributed by atoms with E-state index in [9.17, 15) is 26.3 Å². The number of halogens is 7. The highest BCUT2D eigenvalue weighted by molar-refractivity contribution is 5.33. The van der Waals surface area contributed by atoms with E-state index in [1.807, 2.05) is 6.08 Å². The highest BCUT2D eigenvalue weighted by Gasteiger charge is 2.45. The van der Waals surface area contributed by atoms with Gasteiger partial charge in [0.05, 0.1) is 19.1 Å². The third kappa shape index (κ3) is 8.07. The summed E-state index contributed by atoms with van der Waals surface area (Å²) in [5.74, 6) is -3.62. The average Bonchev–Trinajstić information content (AvgIpc) is 2.98. The minimum Gasteiger partial charge on any atom is -0.432 e. The van der Waals surface area contributed by atoms with Gasteiger partial charge in [-0.25, -0.2) is 8.78 Å². The fourth-order valence-corrected chi connectivity index (χ4v) is 6.87. The average molecular weight is 631 g/mol. The maximum absolute atomic E-state index is 15.2. The second-order valence-corrected chi connectivity index (χ2v) is 12.2. The molecule has 44 heavy (non-hydrogen) atoms. The van der Waals surface area contributed by atoms with E-state index in [0.29, 0.717) is 54.2 Å². The molecule has 0 radical (unpaired) electrons. The maximum Gasteiger partial charge on any atom is 0.573 e. The van der Waals surface area contributed by atoms with Crippen molar-refractivity contribution in [1.29, 1.82) is 0 Å². The zero-order chi connectivity index (χ0) is 31.5. The summed E-state index contributed by atoms with van der Waals surface area (Å²) in [4.78, 5) is 0. The SMILES string of the molecule is C=CCC1CCC(C2COC(c3ccc(C4CCC(C(F)(F)Oc5ccc(OC(F)(F)F)c(F)c5)CC4)c(F)c3)OC2)CC1. The highest BCUT2D eigenvalue weighted by atomic mass is 19.4. The fraction of sp³-hybridized carbons (Fsp3) is 0.576. The van der Waals surface area contributed by atoms with Crippen LogP contribution in [0.25, 0.3) is 0 Å². The Kier molecular flexibility index (Phi) is 10.1. The fourth-order valence-electron chi connectivity index (χ4n) is 6.87. The van der Waals surface area contributed by atoms with Gasteiger partial charge in [-0.15, -0.1) is 19.8 Å². The quantitative estimate of drug-likeness (QED) is 0.204. The van der Waals surface area contributed by atoms with Crippen molar-refractivity contribution in [3.05, 3.63) is 71.8 Å². The van der Waals surface area contributed by atoms with Gasteiger partial charge in [0.25, 0.3) is 0 Å². The van der Waals surface area contributed by atoms with Crippen molar-refractivity contribution in [2.24, 2.45) is 23.7 Å². The molecule has 0 atom stereocenters. The lowest BCUT2D eigenvalue weighted by Crippen LogP contribution is -2.37. The normalized spacial score (nSPS) is 28.3. The van der Waals surface area contributed by atoms with E-state index in [4.69, 9.17) is 14.2 Å². The predicted molar refractivity (Wildman–Crippen MR) is 148 cm³/mol. The smallest absolute Gasteiger partial charge is 0.432 e. The minimum absolute atomic E-state index is 0.0162. The molecule has 1 aliphatic heterocycles. The van der Waals surface area contributed by atoms with Crippen LogP contribution in [0, 0.1) is 35.3 Å². The summed E-state index contributed by atoms with van der Waals surface area (Å²) in [5.41, 5.74) is 1.01. The molecule has 0 spiro atoms. The molecule has 2 saturated carbocycles. The number of benzene rings is 2. The van der Waals surface area contributed by atoms with Crippen molar-refractivity contribution in [3.63, 3.8) is 0 Å². The lowest BCUT2D eigenvalue weighted by molar-refractivity contribution is -0.275. The Bertz CT molecular complexity index is 1260. The first kappa shape index (κ1) is 32.6. The Morgan fingerprint density at radius 2 is 1.45 bits per heavy atom. The van der Waals surface area contributed by atoms with E-state index in [1.54, 1.807) is 12.1 Å². The monoisotopic (exact) mass is 630 g/mol. The van der Waals surface area contributed by atoms with Crippen LogP contribution in [0.5, 0.6) is 11.5 Å². The summed E-state index contributed by atoms with van der Waals surface area (Å²) in [6.07, 6.45) is -1.17. The number of ether oxygens (including phenoxy) is 4. The lowest BCUT2D eigenvalue weighted by atomic mass is 9.75. The van der Waals surface area contributed by atoms with Gasteiger partial charge in [-0.2, -0.15) is 8.78 Å². The summed E-state index contributed by atoms with van der Waals surface area (Å²) >= 11 is 0. The molecule has 2 aromatic carbocycles. The lowest BCUT2D eigenvalue weighted by Gasteiger charge is -2.37. The van der Waals surface area contributed by atoms with Gasteiger partial charge < -0.3 is 18.9 Å². The Morgan fingerprint density at radius 1 is 0.773 bits per heavy atom. The Morgan fingerprint density at radius 3 is 2.05 bits per heavy atom. The van der Waals surface area contributed by atoms with Gasteiger partial charge in [0.2, 0.25) is 0 Å². The van der Waals surface area contributed by atoms with Gasteiger partial charge in [0.15, 0.2) is 17.9 Å². The van der Waals surface area contributed by atoms with E-state index in [0.717, 1.165) is 25.3 Å². The molecule has 5 rings (SSSR count). The number of hydrogen-bond donors (Lipinski definition) is 0. The van der Waals surface area contributed by atoms with Gasteiger partial charge in [0.1, 0.15) is 11.6 Å². The van der Waals surface area contributed by atoms with Crippen LogP contribution in [-0.4, -0.2) is 25.7 Å². The Balaban J connectivity index is 1.11. The molecule has 3 aliphatic rings. The third-order valence-electron chi connectivity index (χ3n) is 9.30. The largest absolute Gasteiger partial charge is 0.573 e. The van der Waals surface area contributed by atoms with E-state index in [-0.39, 0.29) is 31.6 Å². The van der Waals surface area contributed by atoms with Crippen LogP contribution in [0.1, 0.15) is 81.1 Å². The van der Waals surface area contributed by atoms with Crippen LogP contribution in [0.4, 0.5) is 30.7 Å². The highest BCUT2D eigenvalue weighted by Crippen LogP contribution is 2.45. The van der Waals surface area contributed by atoms with Crippen LogP contribution in [0.15, 0.2) is 49.1 Å². The Hall–Kier alpha value is -2.79. The van der Waals surface area contributed by atoms with Crippen molar-refractivity contribution in [1.82, 2.24) is 0 Å². The van der Waals surface area contributed by atoms with Gasteiger partial charge in [0, 0.05) is 17.5 Å². The third-order valence-corrected chi connectivity index (χ3v) is 9.30. The van der Waals surface area contributed by atoms with Crippen LogP contribution in [0.3, 0.4) is 0 Å². The second-order valence-electron chi connectivity index (χ2n) is 12.2. The molecule has 3 fully saturated rings. The van der Waals surface area contributed by atoms with Crippen molar-refractivity contribution < 1.29 is 49.7 Å². The number of rotatable bonds is 9. The molecule has 2 aliphatic carbocycles. The van der Waals surface area contributed by atoms with Crippen LogP contribution < -0.4 is 9.47 Å². The van der Waals surface area contributed by atoms with Crippen LogP contribution in [-0.2, 0) is 9.47 Å². The van der Waals surface area contributed by atoms with Crippen molar-refractivity contribution >= 4 is 0 Å². The maximum atomic E-state index is 15.2. The molecule has 2 aromatic rings. The zero-order valence-corrected chi connectivity index (χ0v) is 24.3. The number of allylic oxidation sites excluding steroid dienone is 1. The van der Waals surface area contributed by atoms with Crippen molar-refractivity contribution in [2.75, 3.05) is 13.2 Å². The molecule has 4 nitrogen and oxygen atoms in total. The Labute approximate surface area is 252 Å². The molecule has 242 valence electrons. The standard InChI is InChI=1S/C33H37F7O4/c1-2-3-20-4-6-21(7-5-20)24-18-41-31(42-19-24)23-10-14-27(28(34)16-23)22-8-11-25(12-9-22)32(36,37)43-26-13-15-30(29(35)17-26)44-33(38,39)40/h2,10,13-17,20-22,24-25,31H,1,3-9,11-12,18-19H2. The molecule has 0 aromatic heterocycles. The summed E-state index contributed by atoms with van der Waals surface area (Å²) in [5, 5.41) is 0. The second kappa shape index (κ2) is 13.7. The molecule has 0 bridgehead atoms. The topological polar surface area (TPSA) is 36.9 Å². The minimum atomic E-state index is -5.13. The van der Waals surface area contributed by atoms with E-state index in [1.165, 1.54) is 18.9 Å². The van der Waals surface area contributed by atoms with Crippen molar-refractivity contribution in [2.45, 2.75) is 82.5 Å². The zero-order valence-electron chi connectivity index (χ0n) is 24.3. The first-order valence-electron chi connectivity index (χ1n) is 15.2. The molecule has 1 heterocycles. The van der Waals surface area contributed by atoms with Gasteiger partial charge in [-0.1, -0.05) is 18.2 Å². The van der Waals surface area contributed by atoms with E-state index in [2.05, 4.69) is 11.3 Å². The van der Waals surface area contributed by atoms with Crippen LogP contribution in [0.2, 0.25) is 0 Å². The number of hydrogen-bond acceptors (Lipinski definition) is 4. The van der Waals surface area contributed by atoms with Gasteiger partial charge in [-0.05, 0) is 99.3 Å². The first-order chi connectivity index (χ1) is 20.9. The van der Waals surface area contributed by atoms with Crippen LogP contribution >= 0.6 is 0 Å².